The lowest BCUT2D eigenvalue weighted by molar-refractivity contribution is 0.414. The number of nitrogens with zero attached hydrogens (tertiary/aromatic N) is 1. The second kappa shape index (κ2) is 6.91. The molecule has 0 aliphatic carbocycles. The molecule has 0 unspecified atom stereocenters. The Labute approximate surface area is 138 Å². The summed E-state index contributed by atoms with van der Waals surface area (Å²) in [6.07, 6.45) is 0. The highest BCUT2D eigenvalue weighted by Crippen LogP contribution is 2.28. The van der Waals surface area contributed by atoms with Crippen LogP contribution in [0, 0.1) is 0 Å². The van der Waals surface area contributed by atoms with Gasteiger partial charge in [0.25, 0.3) is 0 Å². The van der Waals surface area contributed by atoms with Crippen molar-refractivity contribution in [2.75, 3.05) is 19.1 Å². The highest BCUT2D eigenvalue weighted by molar-refractivity contribution is 9.10. The first-order chi connectivity index (χ1) is 10.0. The first kappa shape index (κ1) is 15.8. The van der Waals surface area contributed by atoms with E-state index in [4.69, 9.17) is 22.7 Å². The zero-order valence-corrected chi connectivity index (χ0v) is 14.4. The lowest BCUT2D eigenvalue weighted by Gasteiger charge is -2.23. The van der Waals surface area contributed by atoms with Gasteiger partial charge in [-0.05, 0) is 45.8 Å². The van der Waals surface area contributed by atoms with Crippen LogP contribution >= 0.6 is 28.1 Å². The van der Waals surface area contributed by atoms with E-state index < -0.39 is 0 Å². The summed E-state index contributed by atoms with van der Waals surface area (Å²) >= 11 is 8.67. The summed E-state index contributed by atoms with van der Waals surface area (Å²) in [5.74, 6) is 0.852. The van der Waals surface area contributed by atoms with Gasteiger partial charge in [-0.1, -0.05) is 30.4 Å². The number of hydrogen-bond donors (Lipinski definition) is 1. The maximum atomic E-state index is 5.85. The van der Waals surface area contributed by atoms with E-state index in [2.05, 4.69) is 26.9 Å². The second-order valence-electron chi connectivity index (χ2n) is 4.71. The van der Waals surface area contributed by atoms with Crippen molar-refractivity contribution >= 4 is 38.8 Å². The molecule has 0 heterocycles. The van der Waals surface area contributed by atoms with Crippen molar-refractivity contribution in [3.8, 4) is 5.75 Å². The predicted octanol–water partition coefficient (Wildman–Crippen LogP) is 3.73. The topological polar surface area (TPSA) is 38.5 Å². The van der Waals surface area contributed by atoms with E-state index in [-0.39, 0.29) is 0 Å². The van der Waals surface area contributed by atoms with Crippen LogP contribution in [-0.2, 0) is 6.54 Å². The number of rotatable bonds is 5. The Morgan fingerprint density at radius 1 is 1.29 bits per heavy atom. The minimum atomic E-state index is 0.384. The van der Waals surface area contributed by atoms with Crippen molar-refractivity contribution < 1.29 is 4.74 Å². The average molecular weight is 365 g/mol. The Hall–Kier alpha value is -1.59. The summed E-state index contributed by atoms with van der Waals surface area (Å²) in [5.41, 5.74) is 8.86. The molecule has 0 bridgehead atoms. The normalized spacial score (nSPS) is 10.2. The van der Waals surface area contributed by atoms with Crippen LogP contribution in [0.2, 0.25) is 0 Å². The molecular weight excluding hydrogens is 348 g/mol. The van der Waals surface area contributed by atoms with E-state index in [9.17, 15) is 0 Å². The van der Waals surface area contributed by atoms with E-state index in [1.807, 2.05) is 43.4 Å². The van der Waals surface area contributed by atoms with Gasteiger partial charge >= 0.3 is 0 Å². The van der Waals surface area contributed by atoms with Crippen LogP contribution in [0.25, 0.3) is 0 Å². The molecule has 0 aliphatic rings. The molecule has 0 atom stereocenters. The number of anilines is 1. The third-order valence-electron chi connectivity index (χ3n) is 3.20. The van der Waals surface area contributed by atoms with Crippen molar-refractivity contribution in [1.82, 2.24) is 0 Å². The minimum absolute atomic E-state index is 0.384. The zero-order chi connectivity index (χ0) is 15.4. The lowest BCUT2D eigenvalue weighted by Crippen LogP contribution is -2.22. The van der Waals surface area contributed by atoms with Crippen molar-refractivity contribution in [1.29, 1.82) is 0 Å². The monoisotopic (exact) mass is 364 g/mol. The minimum Gasteiger partial charge on any atom is -0.497 e. The van der Waals surface area contributed by atoms with Crippen LogP contribution < -0.4 is 15.4 Å². The largest absolute Gasteiger partial charge is 0.497 e. The van der Waals surface area contributed by atoms with Gasteiger partial charge in [0.2, 0.25) is 0 Å². The van der Waals surface area contributed by atoms with Gasteiger partial charge in [-0.2, -0.15) is 0 Å². The van der Waals surface area contributed by atoms with Crippen LogP contribution in [0.4, 0.5) is 5.69 Å². The first-order valence-corrected chi connectivity index (χ1v) is 7.65. The van der Waals surface area contributed by atoms with Crippen molar-refractivity contribution in [2.45, 2.75) is 6.54 Å². The third kappa shape index (κ3) is 3.74. The van der Waals surface area contributed by atoms with Gasteiger partial charge < -0.3 is 15.4 Å². The van der Waals surface area contributed by atoms with Gasteiger partial charge in [0.1, 0.15) is 10.7 Å². The average Bonchev–Trinajstić information content (AvgIpc) is 2.46. The summed E-state index contributed by atoms with van der Waals surface area (Å²) in [6.45, 7) is 0.739. The number of methoxy groups -OCH3 is 1. The van der Waals surface area contributed by atoms with Crippen molar-refractivity contribution in [3.05, 3.63) is 58.1 Å². The molecule has 2 rings (SSSR count). The summed E-state index contributed by atoms with van der Waals surface area (Å²) in [4.78, 5) is 2.50. The highest BCUT2D eigenvalue weighted by Gasteiger charge is 2.13. The Balaban J connectivity index is 2.30. The fourth-order valence-corrected chi connectivity index (χ4v) is 3.12. The molecule has 2 aromatic carbocycles. The van der Waals surface area contributed by atoms with Gasteiger partial charge in [0.15, 0.2) is 0 Å². The van der Waals surface area contributed by atoms with Crippen LogP contribution in [0.3, 0.4) is 0 Å². The Bertz CT molecular complexity index is 660. The van der Waals surface area contributed by atoms with Gasteiger partial charge in [-0.25, -0.2) is 0 Å². The molecule has 0 saturated heterocycles. The maximum Gasteiger partial charge on any atom is 0.119 e. The molecule has 0 aromatic heterocycles. The molecule has 0 spiro atoms. The zero-order valence-electron chi connectivity index (χ0n) is 12.0. The van der Waals surface area contributed by atoms with Crippen LogP contribution in [0.5, 0.6) is 5.75 Å². The Kier molecular flexibility index (Phi) is 5.20. The summed E-state index contributed by atoms with van der Waals surface area (Å²) in [7, 11) is 3.69. The predicted molar refractivity (Wildman–Crippen MR) is 95.1 cm³/mol. The summed E-state index contributed by atoms with van der Waals surface area (Å²) < 4.78 is 6.16. The van der Waals surface area contributed by atoms with E-state index in [1.165, 1.54) is 0 Å². The lowest BCUT2D eigenvalue weighted by atomic mass is 10.1. The number of benzene rings is 2. The smallest absolute Gasteiger partial charge is 0.119 e. The molecule has 0 amide bonds. The van der Waals surface area contributed by atoms with Gasteiger partial charge in [-0.15, -0.1) is 0 Å². The molecule has 0 saturated carbocycles. The summed E-state index contributed by atoms with van der Waals surface area (Å²) in [5, 5.41) is 0. The number of hydrogen-bond acceptors (Lipinski definition) is 3. The first-order valence-electron chi connectivity index (χ1n) is 6.45. The van der Waals surface area contributed by atoms with Crippen LogP contribution in [0.1, 0.15) is 11.1 Å². The molecule has 3 nitrogen and oxygen atoms in total. The number of nitrogens with two attached hydrogens (primary N) is 1. The molecule has 5 heteroatoms. The van der Waals surface area contributed by atoms with Crippen LogP contribution in [-0.4, -0.2) is 19.1 Å². The molecule has 0 aliphatic heterocycles. The highest BCUT2D eigenvalue weighted by atomic mass is 79.9. The van der Waals surface area contributed by atoms with Gasteiger partial charge in [0, 0.05) is 29.3 Å². The molecule has 0 radical (unpaired) electrons. The molecular formula is C16H17BrN2OS. The molecule has 2 N–H and O–H groups in total. The van der Waals surface area contributed by atoms with Gasteiger partial charge in [-0.3, -0.25) is 0 Å². The van der Waals surface area contributed by atoms with E-state index in [0.29, 0.717) is 4.99 Å². The summed E-state index contributed by atoms with van der Waals surface area (Å²) in [6, 6.07) is 13.9. The number of halogens is 1. The molecule has 21 heavy (non-hydrogen) atoms. The Morgan fingerprint density at radius 3 is 2.67 bits per heavy atom. The Morgan fingerprint density at radius 2 is 2.00 bits per heavy atom. The second-order valence-corrected chi connectivity index (χ2v) is 6.00. The number of thiocarbonyl (C=S) groups is 1. The maximum absolute atomic E-state index is 5.85. The van der Waals surface area contributed by atoms with E-state index >= 15 is 0 Å². The molecule has 110 valence electrons. The van der Waals surface area contributed by atoms with Crippen molar-refractivity contribution in [3.63, 3.8) is 0 Å². The third-order valence-corrected chi connectivity index (χ3v) is 4.07. The molecule has 2 aromatic rings. The van der Waals surface area contributed by atoms with E-state index in [0.717, 1.165) is 33.6 Å². The van der Waals surface area contributed by atoms with Crippen LogP contribution in [0.15, 0.2) is 46.9 Å². The fraction of sp³-hybridized carbons (Fsp3) is 0.188. The van der Waals surface area contributed by atoms with Gasteiger partial charge in [0.05, 0.1) is 7.11 Å². The van der Waals surface area contributed by atoms with Crippen molar-refractivity contribution in [2.24, 2.45) is 5.73 Å². The SMILES string of the molecule is COc1cccc(CN(C)c2cccc(Br)c2C(N)=S)c1. The quantitative estimate of drug-likeness (QED) is 0.820. The molecule has 0 fully saturated rings. The standard InChI is InChI=1S/C16H17BrN2OS/c1-19(10-11-5-3-6-12(9-11)20-2)14-8-4-7-13(17)15(14)16(18)21/h3-9H,10H2,1-2H3,(H2,18,21). The fourth-order valence-electron chi connectivity index (χ4n) is 2.20. The van der Waals surface area contributed by atoms with E-state index in [1.54, 1.807) is 7.11 Å². The number of ether oxygens (including phenoxy) is 1.